The molecule has 1 amide bonds. The lowest BCUT2D eigenvalue weighted by molar-refractivity contribution is 0.0955. The second-order valence-corrected chi connectivity index (χ2v) is 6.33. The van der Waals surface area contributed by atoms with Crippen molar-refractivity contribution in [3.05, 3.63) is 55.7 Å². The molecule has 0 spiro atoms. The molecule has 0 aliphatic heterocycles. The molecule has 2 rings (SSSR count). The van der Waals surface area contributed by atoms with E-state index in [0.717, 1.165) is 14.9 Å². The first kappa shape index (κ1) is 13.3. The SMILES string of the molecule is Cc1cc(C(=O)NCc2ccc(Br)cc2)sc1C. The van der Waals surface area contributed by atoms with E-state index < -0.39 is 0 Å². The van der Waals surface area contributed by atoms with Crippen LogP contribution in [0.15, 0.2) is 34.8 Å². The minimum absolute atomic E-state index is 0.000816. The predicted octanol–water partition coefficient (Wildman–Crippen LogP) is 4.06. The first-order valence-corrected chi connectivity index (χ1v) is 7.27. The summed E-state index contributed by atoms with van der Waals surface area (Å²) < 4.78 is 1.04. The number of benzene rings is 1. The molecule has 18 heavy (non-hydrogen) atoms. The molecule has 1 aromatic heterocycles. The Bertz CT molecular complexity index is 540. The average molecular weight is 324 g/mol. The maximum atomic E-state index is 11.9. The van der Waals surface area contributed by atoms with Crippen LogP contribution < -0.4 is 5.32 Å². The fourth-order valence-electron chi connectivity index (χ4n) is 1.56. The molecule has 0 unspecified atom stereocenters. The number of carbonyl (C=O) groups is 1. The highest BCUT2D eigenvalue weighted by atomic mass is 79.9. The summed E-state index contributed by atoms with van der Waals surface area (Å²) in [7, 11) is 0. The summed E-state index contributed by atoms with van der Waals surface area (Å²) >= 11 is 4.93. The van der Waals surface area contributed by atoms with Crippen molar-refractivity contribution in [2.75, 3.05) is 0 Å². The maximum absolute atomic E-state index is 11.9. The zero-order valence-electron chi connectivity index (χ0n) is 10.3. The highest BCUT2D eigenvalue weighted by Gasteiger charge is 2.09. The van der Waals surface area contributed by atoms with E-state index in [2.05, 4.69) is 21.2 Å². The monoisotopic (exact) mass is 323 g/mol. The van der Waals surface area contributed by atoms with Gasteiger partial charge in [0.15, 0.2) is 0 Å². The zero-order valence-corrected chi connectivity index (χ0v) is 12.7. The zero-order chi connectivity index (χ0) is 13.1. The van der Waals surface area contributed by atoms with Gasteiger partial charge >= 0.3 is 0 Å². The van der Waals surface area contributed by atoms with Crippen LogP contribution in [0.4, 0.5) is 0 Å². The maximum Gasteiger partial charge on any atom is 0.261 e. The molecule has 2 aromatic rings. The van der Waals surface area contributed by atoms with E-state index in [1.165, 1.54) is 10.4 Å². The van der Waals surface area contributed by atoms with E-state index in [0.29, 0.717) is 6.54 Å². The van der Waals surface area contributed by atoms with Gasteiger partial charge in [-0.25, -0.2) is 0 Å². The lowest BCUT2D eigenvalue weighted by Crippen LogP contribution is -2.21. The quantitative estimate of drug-likeness (QED) is 0.906. The van der Waals surface area contributed by atoms with Crippen molar-refractivity contribution >= 4 is 33.2 Å². The molecule has 0 atom stereocenters. The van der Waals surface area contributed by atoms with Crippen LogP contribution in [-0.4, -0.2) is 5.91 Å². The van der Waals surface area contributed by atoms with Gasteiger partial charge in [-0.05, 0) is 43.2 Å². The number of halogens is 1. The fourth-order valence-corrected chi connectivity index (χ4v) is 2.77. The van der Waals surface area contributed by atoms with Crippen molar-refractivity contribution in [1.29, 1.82) is 0 Å². The Morgan fingerprint density at radius 2 is 1.94 bits per heavy atom. The van der Waals surface area contributed by atoms with Crippen LogP contribution in [0, 0.1) is 13.8 Å². The van der Waals surface area contributed by atoms with Crippen LogP contribution in [0.3, 0.4) is 0 Å². The fraction of sp³-hybridized carbons (Fsp3) is 0.214. The summed E-state index contributed by atoms with van der Waals surface area (Å²) in [5.74, 6) is -0.000816. The third kappa shape index (κ3) is 3.21. The van der Waals surface area contributed by atoms with Crippen LogP contribution in [0.1, 0.15) is 25.7 Å². The Labute approximate surface area is 119 Å². The topological polar surface area (TPSA) is 29.1 Å². The van der Waals surface area contributed by atoms with E-state index in [9.17, 15) is 4.79 Å². The lowest BCUT2D eigenvalue weighted by atomic mass is 10.2. The third-order valence-corrected chi connectivity index (χ3v) is 4.44. The van der Waals surface area contributed by atoms with Gasteiger partial charge in [0.25, 0.3) is 5.91 Å². The van der Waals surface area contributed by atoms with Gasteiger partial charge in [-0.15, -0.1) is 11.3 Å². The molecule has 0 saturated carbocycles. The number of nitrogens with one attached hydrogen (secondary N) is 1. The van der Waals surface area contributed by atoms with E-state index in [1.807, 2.05) is 44.2 Å². The van der Waals surface area contributed by atoms with E-state index in [1.54, 1.807) is 11.3 Å². The van der Waals surface area contributed by atoms with E-state index >= 15 is 0 Å². The van der Waals surface area contributed by atoms with Gasteiger partial charge in [0.1, 0.15) is 0 Å². The summed E-state index contributed by atoms with van der Waals surface area (Å²) in [4.78, 5) is 13.9. The Kier molecular flexibility index (Phi) is 4.19. The Balaban J connectivity index is 1.98. The van der Waals surface area contributed by atoms with Crippen LogP contribution in [0.25, 0.3) is 0 Å². The molecule has 0 radical (unpaired) electrons. The Morgan fingerprint density at radius 1 is 1.28 bits per heavy atom. The van der Waals surface area contributed by atoms with Gasteiger partial charge in [0.05, 0.1) is 4.88 Å². The van der Waals surface area contributed by atoms with Gasteiger partial charge in [-0.1, -0.05) is 28.1 Å². The van der Waals surface area contributed by atoms with Gasteiger partial charge in [0.2, 0.25) is 0 Å². The summed E-state index contributed by atoms with van der Waals surface area (Å²) in [5.41, 5.74) is 2.27. The number of hydrogen-bond acceptors (Lipinski definition) is 2. The normalized spacial score (nSPS) is 10.4. The molecule has 2 nitrogen and oxygen atoms in total. The van der Waals surface area contributed by atoms with Crippen molar-refractivity contribution in [2.24, 2.45) is 0 Å². The molecule has 4 heteroatoms. The van der Waals surface area contributed by atoms with Gasteiger partial charge < -0.3 is 5.32 Å². The van der Waals surface area contributed by atoms with Crippen molar-refractivity contribution < 1.29 is 4.79 Å². The molecule has 0 saturated heterocycles. The number of rotatable bonds is 3. The summed E-state index contributed by atoms with van der Waals surface area (Å²) in [5, 5.41) is 2.93. The summed E-state index contributed by atoms with van der Waals surface area (Å²) in [6.45, 7) is 4.62. The molecule has 0 aliphatic carbocycles. The van der Waals surface area contributed by atoms with Gasteiger partial charge in [-0.2, -0.15) is 0 Å². The average Bonchev–Trinajstić information content (AvgIpc) is 2.69. The third-order valence-electron chi connectivity index (χ3n) is 2.76. The largest absolute Gasteiger partial charge is 0.347 e. The van der Waals surface area contributed by atoms with Crippen molar-refractivity contribution in [2.45, 2.75) is 20.4 Å². The minimum atomic E-state index is -0.000816. The van der Waals surface area contributed by atoms with Crippen LogP contribution >= 0.6 is 27.3 Å². The summed E-state index contributed by atoms with van der Waals surface area (Å²) in [6.07, 6.45) is 0. The minimum Gasteiger partial charge on any atom is -0.347 e. The van der Waals surface area contributed by atoms with Crippen molar-refractivity contribution in [3.8, 4) is 0 Å². The molecular weight excluding hydrogens is 310 g/mol. The van der Waals surface area contributed by atoms with Gasteiger partial charge in [0, 0.05) is 15.9 Å². The van der Waals surface area contributed by atoms with Crippen molar-refractivity contribution in [3.63, 3.8) is 0 Å². The number of hydrogen-bond donors (Lipinski definition) is 1. The standard InChI is InChI=1S/C14H14BrNOS/c1-9-7-13(18-10(9)2)14(17)16-8-11-3-5-12(15)6-4-11/h3-7H,8H2,1-2H3,(H,16,17). The second-order valence-electron chi connectivity index (χ2n) is 4.16. The van der Waals surface area contributed by atoms with E-state index in [-0.39, 0.29) is 5.91 Å². The molecule has 0 bridgehead atoms. The molecule has 1 N–H and O–H groups in total. The van der Waals surface area contributed by atoms with E-state index in [4.69, 9.17) is 0 Å². The predicted molar refractivity (Wildman–Crippen MR) is 79.1 cm³/mol. The Hall–Kier alpha value is -1.13. The molecule has 1 heterocycles. The molecule has 1 aromatic carbocycles. The second kappa shape index (κ2) is 5.67. The lowest BCUT2D eigenvalue weighted by Gasteiger charge is -2.03. The smallest absolute Gasteiger partial charge is 0.261 e. The number of aryl methyl sites for hydroxylation is 2. The molecular formula is C14H14BrNOS. The Morgan fingerprint density at radius 3 is 2.50 bits per heavy atom. The molecule has 0 fully saturated rings. The van der Waals surface area contributed by atoms with Crippen LogP contribution in [0.5, 0.6) is 0 Å². The number of thiophene rings is 1. The highest BCUT2D eigenvalue weighted by molar-refractivity contribution is 9.10. The first-order valence-electron chi connectivity index (χ1n) is 5.66. The van der Waals surface area contributed by atoms with Crippen LogP contribution in [-0.2, 0) is 6.54 Å². The van der Waals surface area contributed by atoms with Gasteiger partial charge in [-0.3, -0.25) is 4.79 Å². The molecule has 0 aliphatic rings. The molecule has 94 valence electrons. The first-order chi connectivity index (χ1) is 8.56. The van der Waals surface area contributed by atoms with Crippen LogP contribution in [0.2, 0.25) is 0 Å². The van der Waals surface area contributed by atoms with Crippen molar-refractivity contribution in [1.82, 2.24) is 5.32 Å². The number of carbonyl (C=O) groups excluding carboxylic acids is 1. The number of amides is 1. The summed E-state index contributed by atoms with van der Waals surface area (Å²) in [6, 6.07) is 9.88. The highest BCUT2D eigenvalue weighted by Crippen LogP contribution is 2.20.